The van der Waals surface area contributed by atoms with Crippen molar-refractivity contribution in [1.82, 2.24) is 10.2 Å². The van der Waals surface area contributed by atoms with Crippen LogP contribution in [0.2, 0.25) is 0 Å². The summed E-state index contributed by atoms with van der Waals surface area (Å²) >= 11 is 0. The number of rotatable bonds is 5. The Morgan fingerprint density at radius 1 is 1.45 bits per heavy atom. The van der Waals surface area contributed by atoms with E-state index in [1.807, 2.05) is 6.92 Å². The molecule has 3 rings (SSSR count). The van der Waals surface area contributed by atoms with Gasteiger partial charge in [-0.2, -0.15) is 0 Å². The third-order valence-electron chi connectivity index (χ3n) is 5.20. The van der Waals surface area contributed by atoms with Crippen LogP contribution in [0.1, 0.15) is 54.6 Å². The van der Waals surface area contributed by atoms with Gasteiger partial charge in [0.25, 0.3) is 5.91 Å². The highest BCUT2D eigenvalue weighted by atomic mass is 16.3. The topological polar surface area (TPSA) is 65.7 Å². The number of hydrogen-bond donors (Lipinski definition) is 2. The van der Waals surface area contributed by atoms with Crippen LogP contribution in [0.5, 0.6) is 0 Å². The zero-order valence-corrected chi connectivity index (χ0v) is 13.3. The molecule has 2 heterocycles. The Kier molecular flexibility index (Phi) is 4.54. The molecule has 1 aliphatic carbocycles. The highest BCUT2D eigenvalue weighted by Gasteiger charge is 2.34. The first-order valence-electron chi connectivity index (χ1n) is 8.35. The van der Waals surface area contributed by atoms with E-state index in [0.717, 1.165) is 58.2 Å². The maximum absolute atomic E-state index is 12.2. The highest BCUT2D eigenvalue weighted by molar-refractivity contribution is 5.95. The summed E-state index contributed by atoms with van der Waals surface area (Å²) in [7, 11) is 0. The summed E-state index contributed by atoms with van der Waals surface area (Å²) in [6.07, 6.45) is 7.48. The van der Waals surface area contributed by atoms with E-state index >= 15 is 0 Å². The van der Waals surface area contributed by atoms with Gasteiger partial charge in [0.15, 0.2) is 0 Å². The minimum absolute atomic E-state index is 0.0338. The molecule has 0 spiro atoms. The van der Waals surface area contributed by atoms with E-state index in [1.165, 1.54) is 0 Å². The second kappa shape index (κ2) is 6.42. The Morgan fingerprint density at radius 2 is 2.18 bits per heavy atom. The normalized spacial score (nSPS) is 22.3. The smallest absolute Gasteiger partial charge is 0.255 e. The summed E-state index contributed by atoms with van der Waals surface area (Å²) in [6.45, 7) is 4.76. The van der Waals surface area contributed by atoms with Gasteiger partial charge in [-0.25, -0.2) is 0 Å². The number of aryl methyl sites for hydroxylation is 1. The minimum atomic E-state index is -0.385. The molecule has 0 aromatic carbocycles. The molecule has 1 aromatic rings. The first kappa shape index (κ1) is 15.6. The monoisotopic (exact) mass is 306 g/mol. The molecular weight excluding hydrogens is 280 g/mol. The Morgan fingerprint density at radius 3 is 2.73 bits per heavy atom. The van der Waals surface area contributed by atoms with E-state index < -0.39 is 0 Å². The predicted octanol–water partition coefficient (Wildman–Crippen LogP) is 2.09. The molecule has 0 bridgehead atoms. The summed E-state index contributed by atoms with van der Waals surface area (Å²) in [5.74, 6) is 0.636. The number of furan rings is 1. The maximum atomic E-state index is 12.2. The van der Waals surface area contributed by atoms with Gasteiger partial charge in [0.2, 0.25) is 0 Å². The molecule has 0 atom stereocenters. The molecule has 122 valence electrons. The number of carbonyl (C=O) groups is 1. The van der Waals surface area contributed by atoms with Crippen LogP contribution >= 0.6 is 0 Å². The van der Waals surface area contributed by atoms with Crippen LogP contribution in [0.4, 0.5) is 0 Å². The second-order valence-corrected chi connectivity index (χ2v) is 6.81. The fraction of sp³-hybridized carbons (Fsp3) is 0.706. The Labute approximate surface area is 131 Å². The van der Waals surface area contributed by atoms with E-state index in [0.29, 0.717) is 11.3 Å². The lowest BCUT2D eigenvalue weighted by molar-refractivity contribution is -0.0474. The summed E-state index contributed by atoms with van der Waals surface area (Å²) in [5.41, 5.74) is 0.249. The molecule has 1 aliphatic heterocycles. The number of carbonyl (C=O) groups excluding carboxylic acids is 1. The lowest BCUT2D eigenvalue weighted by Crippen LogP contribution is -2.47. The van der Waals surface area contributed by atoms with Crippen molar-refractivity contribution in [2.24, 2.45) is 0 Å². The van der Waals surface area contributed by atoms with Crippen molar-refractivity contribution in [3.63, 3.8) is 0 Å². The quantitative estimate of drug-likeness (QED) is 0.874. The van der Waals surface area contributed by atoms with E-state index in [2.05, 4.69) is 10.2 Å². The first-order valence-corrected chi connectivity index (χ1v) is 8.35. The van der Waals surface area contributed by atoms with Crippen LogP contribution in [-0.2, 0) is 0 Å². The van der Waals surface area contributed by atoms with Crippen molar-refractivity contribution < 1.29 is 14.3 Å². The summed E-state index contributed by atoms with van der Waals surface area (Å²) in [6, 6.07) is 1.96. The van der Waals surface area contributed by atoms with Crippen LogP contribution in [0.15, 0.2) is 16.7 Å². The van der Waals surface area contributed by atoms with Gasteiger partial charge in [-0.05, 0) is 51.5 Å². The lowest BCUT2D eigenvalue weighted by Gasteiger charge is -2.39. The van der Waals surface area contributed by atoms with Crippen molar-refractivity contribution in [3.8, 4) is 0 Å². The van der Waals surface area contributed by atoms with Crippen molar-refractivity contribution in [1.29, 1.82) is 0 Å². The number of nitrogens with one attached hydrogen (secondary N) is 1. The van der Waals surface area contributed by atoms with Gasteiger partial charge in [0.1, 0.15) is 5.76 Å². The van der Waals surface area contributed by atoms with Crippen LogP contribution in [0, 0.1) is 6.92 Å². The Bertz CT molecular complexity index is 514. The molecule has 1 amide bonds. The van der Waals surface area contributed by atoms with E-state index in [4.69, 9.17) is 4.42 Å². The van der Waals surface area contributed by atoms with Crippen LogP contribution in [-0.4, -0.2) is 47.2 Å². The molecule has 5 heteroatoms. The van der Waals surface area contributed by atoms with Gasteiger partial charge in [-0.3, -0.25) is 4.79 Å². The standard InChI is InChI=1S/C17H26N2O3/c1-13-15(5-12-22-13)16(20)18-14-3-9-19(10-4-14)11-8-17(21)6-2-7-17/h5,12,14,21H,2-4,6-11H2,1H3,(H,18,20). The zero-order valence-electron chi connectivity index (χ0n) is 13.3. The Balaban J connectivity index is 1.40. The third-order valence-corrected chi connectivity index (χ3v) is 5.20. The average molecular weight is 306 g/mol. The highest BCUT2D eigenvalue weighted by Crippen LogP contribution is 2.34. The molecule has 1 saturated heterocycles. The molecule has 1 aromatic heterocycles. The van der Waals surface area contributed by atoms with Crippen molar-refractivity contribution >= 4 is 5.91 Å². The number of piperidine rings is 1. The van der Waals surface area contributed by atoms with E-state index in [9.17, 15) is 9.90 Å². The summed E-state index contributed by atoms with van der Waals surface area (Å²) in [5, 5.41) is 13.3. The molecule has 0 radical (unpaired) electrons. The van der Waals surface area contributed by atoms with Gasteiger partial charge in [0.05, 0.1) is 17.4 Å². The van der Waals surface area contributed by atoms with Crippen LogP contribution < -0.4 is 5.32 Å². The average Bonchev–Trinajstić information content (AvgIpc) is 2.91. The van der Waals surface area contributed by atoms with Crippen molar-refractivity contribution in [3.05, 3.63) is 23.7 Å². The summed E-state index contributed by atoms with van der Waals surface area (Å²) < 4.78 is 5.18. The molecule has 22 heavy (non-hydrogen) atoms. The van der Waals surface area contributed by atoms with Crippen molar-refractivity contribution in [2.45, 2.75) is 57.1 Å². The van der Waals surface area contributed by atoms with Gasteiger partial charge < -0.3 is 19.7 Å². The maximum Gasteiger partial charge on any atom is 0.255 e. The Hall–Kier alpha value is -1.33. The largest absolute Gasteiger partial charge is 0.469 e. The van der Waals surface area contributed by atoms with Crippen LogP contribution in [0.3, 0.4) is 0 Å². The van der Waals surface area contributed by atoms with Crippen LogP contribution in [0.25, 0.3) is 0 Å². The van der Waals surface area contributed by atoms with E-state index in [-0.39, 0.29) is 17.6 Å². The van der Waals surface area contributed by atoms with Gasteiger partial charge in [0, 0.05) is 25.7 Å². The fourth-order valence-electron chi connectivity index (χ4n) is 3.39. The SMILES string of the molecule is Cc1occc1C(=O)NC1CCN(CCC2(O)CCC2)CC1. The molecule has 0 unspecified atom stereocenters. The molecule has 2 aliphatic rings. The lowest BCUT2D eigenvalue weighted by atomic mass is 9.78. The molecular formula is C17H26N2O3. The predicted molar refractivity (Wildman–Crippen MR) is 83.8 cm³/mol. The number of nitrogens with zero attached hydrogens (tertiary/aromatic N) is 1. The molecule has 1 saturated carbocycles. The van der Waals surface area contributed by atoms with E-state index in [1.54, 1.807) is 12.3 Å². The molecule has 2 N–H and O–H groups in total. The van der Waals surface area contributed by atoms with Gasteiger partial charge in [-0.15, -0.1) is 0 Å². The zero-order chi connectivity index (χ0) is 15.6. The van der Waals surface area contributed by atoms with Crippen molar-refractivity contribution in [2.75, 3.05) is 19.6 Å². The number of aliphatic hydroxyl groups is 1. The summed E-state index contributed by atoms with van der Waals surface area (Å²) in [4.78, 5) is 14.6. The van der Waals surface area contributed by atoms with Gasteiger partial charge in [-0.1, -0.05) is 0 Å². The second-order valence-electron chi connectivity index (χ2n) is 6.81. The molecule has 5 nitrogen and oxygen atoms in total. The molecule has 2 fully saturated rings. The first-order chi connectivity index (χ1) is 10.6. The third kappa shape index (κ3) is 3.52. The van der Waals surface area contributed by atoms with Gasteiger partial charge >= 0.3 is 0 Å². The number of hydrogen-bond acceptors (Lipinski definition) is 4. The number of amides is 1. The number of likely N-dealkylation sites (tertiary alicyclic amines) is 1. The minimum Gasteiger partial charge on any atom is -0.469 e. The fourth-order valence-corrected chi connectivity index (χ4v) is 3.39.